The van der Waals surface area contributed by atoms with E-state index >= 15 is 0 Å². The Bertz CT molecular complexity index is 272. The number of nitrogens with one attached hydrogen (secondary N) is 1. The number of thiazole rings is 1. The molecule has 0 aliphatic carbocycles. The van der Waals surface area contributed by atoms with E-state index in [1.165, 1.54) is 6.20 Å². The van der Waals surface area contributed by atoms with Crippen LogP contribution >= 0.6 is 11.3 Å². The molecule has 0 unspecified atom stereocenters. The largest absolute Gasteiger partial charge is 0.477 e. The first-order valence-corrected chi connectivity index (χ1v) is 4.48. The normalized spacial score (nSPS) is 9.75. The van der Waals surface area contributed by atoms with Crippen LogP contribution in [-0.2, 0) is 0 Å². The molecular weight excluding hydrogens is 176 g/mol. The summed E-state index contributed by atoms with van der Waals surface area (Å²) in [5.74, 6) is -0.919. The third kappa shape index (κ3) is 2.20. The lowest BCUT2D eigenvalue weighted by Crippen LogP contribution is -1.97. The lowest BCUT2D eigenvalue weighted by molar-refractivity contribution is 0.0702. The molecule has 5 heteroatoms. The van der Waals surface area contributed by atoms with E-state index in [1.807, 2.05) is 6.92 Å². The van der Waals surface area contributed by atoms with Gasteiger partial charge < -0.3 is 10.4 Å². The molecule has 0 fully saturated rings. The third-order valence-corrected chi connectivity index (χ3v) is 2.19. The summed E-state index contributed by atoms with van der Waals surface area (Å²) in [6.07, 6.45) is 2.37. The Morgan fingerprint density at radius 1 is 1.83 bits per heavy atom. The Morgan fingerprint density at radius 2 is 2.58 bits per heavy atom. The van der Waals surface area contributed by atoms with Crippen molar-refractivity contribution in [3.05, 3.63) is 11.1 Å². The van der Waals surface area contributed by atoms with Crippen molar-refractivity contribution >= 4 is 22.4 Å². The highest BCUT2D eigenvalue weighted by Gasteiger charge is 2.06. The Labute approximate surface area is 74.3 Å². The van der Waals surface area contributed by atoms with E-state index in [2.05, 4.69) is 10.3 Å². The van der Waals surface area contributed by atoms with Gasteiger partial charge in [0, 0.05) is 6.54 Å². The summed E-state index contributed by atoms with van der Waals surface area (Å²) in [4.78, 5) is 14.6. The molecule has 1 rings (SSSR count). The van der Waals surface area contributed by atoms with Crippen LogP contribution in [0.15, 0.2) is 6.20 Å². The van der Waals surface area contributed by atoms with Crippen molar-refractivity contribution in [1.82, 2.24) is 4.98 Å². The maximum absolute atomic E-state index is 10.4. The minimum Gasteiger partial charge on any atom is -0.477 e. The standard InChI is InChI=1S/C7H10N2O2S/c1-2-3-8-7-9-4-5(12-7)6(10)11/h4H,2-3H2,1H3,(H,8,9)(H,10,11). The number of aromatic nitrogens is 1. The number of carboxylic acid groups (broad SMARTS) is 1. The van der Waals surface area contributed by atoms with Gasteiger partial charge in [0.05, 0.1) is 6.20 Å². The average molecular weight is 186 g/mol. The molecule has 0 saturated carbocycles. The summed E-state index contributed by atoms with van der Waals surface area (Å²) in [5.41, 5.74) is 0. The molecule has 1 aromatic rings. The van der Waals surface area contributed by atoms with E-state index in [9.17, 15) is 4.79 Å². The summed E-state index contributed by atoms with van der Waals surface area (Å²) < 4.78 is 0. The highest BCUT2D eigenvalue weighted by Crippen LogP contribution is 2.17. The lowest BCUT2D eigenvalue weighted by atomic mass is 10.5. The fraction of sp³-hybridized carbons (Fsp3) is 0.429. The Morgan fingerprint density at radius 3 is 3.08 bits per heavy atom. The van der Waals surface area contributed by atoms with Crippen LogP contribution in [0.1, 0.15) is 23.0 Å². The van der Waals surface area contributed by atoms with Gasteiger partial charge in [0.1, 0.15) is 4.88 Å². The van der Waals surface area contributed by atoms with Crippen LogP contribution in [-0.4, -0.2) is 22.6 Å². The number of hydrogen-bond acceptors (Lipinski definition) is 4. The minimum absolute atomic E-state index is 0.272. The predicted molar refractivity (Wildman–Crippen MR) is 47.9 cm³/mol. The average Bonchev–Trinajstić information content (AvgIpc) is 2.48. The van der Waals surface area contributed by atoms with Gasteiger partial charge in [-0.3, -0.25) is 0 Å². The molecule has 0 saturated heterocycles. The molecule has 0 spiro atoms. The first-order valence-electron chi connectivity index (χ1n) is 3.67. The number of hydrogen-bond donors (Lipinski definition) is 2. The van der Waals surface area contributed by atoms with Crippen molar-refractivity contribution in [3.8, 4) is 0 Å². The van der Waals surface area contributed by atoms with E-state index in [1.54, 1.807) is 0 Å². The fourth-order valence-electron chi connectivity index (χ4n) is 0.687. The number of rotatable bonds is 4. The van der Waals surface area contributed by atoms with E-state index < -0.39 is 5.97 Å². The zero-order valence-electron chi connectivity index (χ0n) is 6.70. The van der Waals surface area contributed by atoms with E-state index in [4.69, 9.17) is 5.11 Å². The molecule has 4 nitrogen and oxygen atoms in total. The second-order valence-electron chi connectivity index (χ2n) is 2.26. The molecule has 66 valence electrons. The van der Waals surface area contributed by atoms with Crippen molar-refractivity contribution < 1.29 is 9.90 Å². The van der Waals surface area contributed by atoms with Gasteiger partial charge in [0.2, 0.25) is 0 Å². The number of aromatic carboxylic acids is 1. The van der Waals surface area contributed by atoms with Gasteiger partial charge in [-0.2, -0.15) is 0 Å². The summed E-state index contributed by atoms with van der Waals surface area (Å²) in [6, 6.07) is 0. The van der Waals surface area contributed by atoms with Crippen LogP contribution in [0.4, 0.5) is 5.13 Å². The van der Waals surface area contributed by atoms with Gasteiger partial charge in [-0.15, -0.1) is 0 Å². The summed E-state index contributed by atoms with van der Waals surface area (Å²) in [5, 5.41) is 12.3. The molecular formula is C7H10N2O2S. The van der Waals surface area contributed by atoms with Crippen LogP contribution in [0.3, 0.4) is 0 Å². The number of carbonyl (C=O) groups is 1. The quantitative estimate of drug-likeness (QED) is 0.750. The molecule has 0 aromatic carbocycles. The van der Waals surface area contributed by atoms with Gasteiger partial charge in [-0.1, -0.05) is 18.3 Å². The molecule has 0 aliphatic rings. The molecule has 0 atom stereocenters. The molecule has 0 bridgehead atoms. The minimum atomic E-state index is -0.919. The van der Waals surface area contributed by atoms with Gasteiger partial charge in [0.25, 0.3) is 0 Å². The number of carboxylic acids is 1. The zero-order chi connectivity index (χ0) is 8.97. The number of anilines is 1. The number of nitrogens with zero attached hydrogens (tertiary/aromatic N) is 1. The van der Waals surface area contributed by atoms with Gasteiger partial charge in [-0.25, -0.2) is 9.78 Å². The SMILES string of the molecule is CCCNc1ncc(C(=O)O)s1. The van der Waals surface area contributed by atoms with E-state index in [0.717, 1.165) is 24.3 Å². The van der Waals surface area contributed by atoms with Crippen molar-refractivity contribution in [1.29, 1.82) is 0 Å². The maximum atomic E-state index is 10.4. The summed E-state index contributed by atoms with van der Waals surface area (Å²) in [7, 11) is 0. The monoisotopic (exact) mass is 186 g/mol. The van der Waals surface area contributed by atoms with Crippen molar-refractivity contribution in [2.75, 3.05) is 11.9 Å². The van der Waals surface area contributed by atoms with Crippen molar-refractivity contribution in [3.63, 3.8) is 0 Å². The van der Waals surface area contributed by atoms with Gasteiger partial charge >= 0.3 is 5.97 Å². The zero-order valence-corrected chi connectivity index (χ0v) is 7.52. The van der Waals surface area contributed by atoms with Crippen LogP contribution in [0.5, 0.6) is 0 Å². The van der Waals surface area contributed by atoms with E-state index in [-0.39, 0.29) is 4.88 Å². The Balaban J connectivity index is 2.58. The van der Waals surface area contributed by atoms with Gasteiger partial charge in [0.15, 0.2) is 5.13 Å². The fourth-order valence-corrected chi connectivity index (χ4v) is 1.37. The molecule has 0 amide bonds. The van der Waals surface area contributed by atoms with E-state index in [0.29, 0.717) is 5.13 Å². The highest BCUT2D eigenvalue weighted by molar-refractivity contribution is 7.17. The second-order valence-corrected chi connectivity index (χ2v) is 3.29. The molecule has 2 N–H and O–H groups in total. The van der Waals surface area contributed by atoms with Crippen LogP contribution in [0, 0.1) is 0 Å². The van der Waals surface area contributed by atoms with Gasteiger partial charge in [-0.05, 0) is 6.42 Å². The second kappa shape index (κ2) is 4.06. The lowest BCUT2D eigenvalue weighted by Gasteiger charge is -1.95. The summed E-state index contributed by atoms with van der Waals surface area (Å²) >= 11 is 1.16. The smallest absolute Gasteiger partial charge is 0.347 e. The van der Waals surface area contributed by atoms with Crippen LogP contribution in [0.2, 0.25) is 0 Å². The highest BCUT2D eigenvalue weighted by atomic mass is 32.1. The molecule has 12 heavy (non-hydrogen) atoms. The van der Waals surface area contributed by atoms with Crippen molar-refractivity contribution in [2.24, 2.45) is 0 Å². The Hall–Kier alpha value is -1.10. The maximum Gasteiger partial charge on any atom is 0.347 e. The molecule has 1 aromatic heterocycles. The van der Waals surface area contributed by atoms with Crippen LogP contribution < -0.4 is 5.32 Å². The first-order chi connectivity index (χ1) is 5.74. The summed E-state index contributed by atoms with van der Waals surface area (Å²) in [6.45, 7) is 2.87. The van der Waals surface area contributed by atoms with Crippen molar-refractivity contribution in [2.45, 2.75) is 13.3 Å². The molecule has 0 aliphatic heterocycles. The van der Waals surface area contributed by atoms with Crippen LogP contribution in [0.25, 0.3) is 0 Å². The topological polar surface area (TPSA) is 62.2 Å². The third-order valence-electron chi connectivity index (χ3n) is 1.24. The Kier molecular flexibility index (Phi) is 3.04. The molecule has 0 radical (unpaired) electrons. The predicted octanol–water partition coefficient (Wildman–Crippen LogP) is 1.66. The molecule has 1 heterocycles. The first kappa shape index (κ1) is 8.99.